The summed E-state index contributed by atoms with van der Waals surface area (Å²) in [5.41, 5.74) is 4.82. The number of carbonyl (C=O) groups is 2. The summed E-state index contributed by atoms with van der Waals surface area (Å²) >= 11 is 0. The van der Waals surface area contributed by atoms with Crippen molar-refractivity contribution >= 4 is 29.5 Å². The van der Waals surface area contributed by atoms with Gasteiger partial charge in [-0.3, -0.25) is 9.79 Å². The van der Waals surface area contributed by atoms with Gasteiger partial charge in [-0.2, -0.15) is 0 Å². The summed E-state index contributed by atoms with van der Waals surface area (Å²) in [4.78, 5) is 29.4. The van der Waals surface area contributed by atoms with Crippen LogP contribution in [0.2, 0.25) is 0 Å². The van der Waals surface area contributed by atoms with Crippen molar-refractivity contribution in [1.29, 1.82) is 0 Å². The maximum absolute atomic E-state index is 12.2. The van der Waals surface area contributed by atoms with Crippen molar-refractivity contribution in [3.8, 4) is 0 Å². The predicted octanol–water partition coefficient (Wildman–Crippen LogP) is 2.08. The van der Waals surface area contributed by atoms with Gasteiger partial charge in [0, 0.05) is 43.5 Å². The zero-order valence-electron chi connectivity index (χ0n) is 17.6. The molecule has 0 saturated carbocycles. The third kappa shape index (κ3) is 6.44. The van der Waals surface area contributed by atoms with Crippen LogP contribution < -0.4 is 20.6 Å². The van der Waals surface area contributed by atoms with Crippen LogP contribution in [0.3, 0.4) is 0 Å². The highest BCUT2D eigenvalue weighted by molar-refractivity contribution is 6.14. The smallest absolute Gasteiger partial charge is 0.251 e. The SMILES string of the molecule is CN1CCN=C(/C=C/c2ccc(C(=O)NCCCCNC(=O)[O-])cc2)c2ccccc21. The minimum Gasteiger partial charge on any atom is -0.530 e. The van der Waals surface area contributed by atoms with E-state index in [0.29, 0.717) is 31.5 Å². The third-order valence-electron chi connectivity index (χ3n) is 5.07. The van der Waals surface area contributed by atoms with Crippen LogP contribution in [0.15, 0.2) is 59.6 Å². The average molecular weight is 420 g/mol. The van der Waals surface area contributed by atoms with Crippen LogP contribution in [0.1, 0.15) is 34.3 Å². The van der Waals surface area contributed by atoms with E-state index in [1.54, 1.807) is 12.1 Å². The van der Waals surface area contributed by atoms with E-state index in [4.69, 9.17) is 4.99 Å². The fourth-order valence-corrected chi connectivity index (χ4v) is 3.36. The number of hydrogen-bond donors (Lipinski definition) is 2. The Bertz CT molecular complexity index is 967. The van der Waals surface area contributed by atoms with E-state index in [1.165, 1.54) is 5.69 Å². The van der Waals surface area contributed by atoms with Crippen molar-refractivity contribution in [3.05, 3.63) is 71.3 Å². The third-order valence-corrected chi connectivity index (χ3v) is 5.07. The van der Waals surface area contributed by atoms with Gasteiger partial charge in [-0.1, -0.05) is 36.4 Å². The van der Waals surface area contributed by atoms with Crippen molar-refractivity contribution < 1.29 is 14.7 Å². The molecule has 1 heterocycles. The number of carbonyl (C=O) groups excluding carboxylic acids is 2. The maximum Gasteiger partial charge on any atom is 0.251 e. The normalized spacial score (nSPS) is 13.3. The summed E-state index contributed by atoms with van der Waals surface area (Å²) in [7, 11) is 2.08. The Balaban J connectivity index is 1.55. The molecule has 2 N–H and O–H groups in total. The first-order valence-electron chi connectivity index (χ1n) is 10.4. The van der Waals surface area contributed by atoms with Gasteiger partial charge in [-0.25, -0.2) is 0 Å². The van der Waals surface area contributed by atoms with Gasteiger partial charge >= 0.3 is 0 Å². The molecule has 0 aliphatic carbocycles. The zero-order chi connectivity index (χ0) is 22.1. The van der Waals surface area contributed by atoms with Crippen LogP contribution in [-0.4, -0.2) is 50.9 Å². The van der Waals surface area contributed by atoms with Crippen molar-refractivity contribution in [3.63, 3.8) is 0 Å². The number of nitrogens with one attached hydrogen (secondary N) is 2. The molecule has 0 saturated heterocycles. The molecule has 1 aliphatic rings. The van der Waals surface area contributed by atoms with Crippen LogP contribution in [-0.2, 0) is 0 Å². The second kappa shape index (κ2) is 11.0. The number of rotatable bonds is 8. The minimum absolute atomic E-state index is 0.145. The van der Waals surface area contributed by atoms with E-state index >= 15 is 0 Å². The first-order chi connectivity index (χ1) is 15.0. The summed E-state index contributed by atoms with van der Waals surface area (Å²) in [6, 6.07) is 15.7. The Morgan fingerprint density at radius 1 is 1.03 bits per heavy atom. The monoisotopic (exact) mass is 419 g/mol. The number of unbranched alkanes of at least 4 members (excludes halogenated alkanes) is 1. The number of carboxylic acid groups (broad SMARTS) is 1. The molecule has 0 radical (unpaired) electrons. The van der Waals surface area contributed by atoms with Crippen molar-refractivity contribution in [2.75, 3.05) is 38.1 Å². The molecule has 2 aromatic rings. The predicted molar refractivity (Wildman–Crippen MR) is 122 cm³/mol. The molecule has 0 atom stereocenters. The molecule has 0 spiro atoms. The van der Waals surface area contributed by atoms with Gasteiger partial charge in [0.25, 0.3) is 5.91 Å². The number of benzene rings is 2. The van der Waals surface area contributed by atoms with E-state index in [0.717, 1.165) is 29.9 Å². The summed E-state index contributed by atoms with van der Waals surface area (Å²) in [6.07, 6.45) is 4.08. The number of benzodiazepines with no additional fused rings is 1. The zero-order valence-corrected chi connectivity index (χ0v) is 17.6. The van der Waals surface area contributed by atoms with Crippen LogP contribution >= 0.6 is 0 Å². The molecule has 31 heavy (non-hydrogen) atoms. The largest absolute Gasteiger partial charge is 0.530 e. The highest BCUT2D eigenvalue weighted by Crippen LogP contribution is 2.23. The second-order valence-electron chi connectivity index (χ2n) is 7.34. The number of anilines is 1. The van der Waals surface area contributed by atoms with Gasteiger partial charge in [-0.05, 0) is 42.7 Å². The molecule has 3 rings (SSSR count). The molecule has 2 amide bonds. The van der Waals surface area contributed by atoms with Gasteiger partial charge in [-0.15, -0.1) is 0 Å². The van der Waals surface area contributed by atoms with Crippen LogP contribution in [0.5, 0.6) is 0 Å². The topological polar surface area (TPSA) is 96.9 Å². The van der Waals surface area contributed by atoms with E-state index in [-0.39, 0.29) is 5.91 Å². The minimum atomic E-state index is -1.28. The molecule has 162 valence electrons. The number of nitrogens with zero attached hydrogens (tertiary/aromatic N) is 2. The summed E-state index contributed by atoms with van der Waals surface area (Å²) in [6.45, 7) is 2.44. The summed E-state index contributed by atoms with van der Waals surface area (Å²) in [5.74, 6) is -0.145. The number of allylic oxidation sites excluding steroid dienone is 1. The lowest BCUT2D eigenvalue weighted by Gasteiger charge is -2.18. The molecule has 0 unspecified atom stereocenters. The summed E-state index contributed by atoms with van der Waals surface area (Å²) in [5, 5.41) is 15.3. The highest BCUT2D eigenvalue weighted by atomic mass is 16.4. The lowest BCUT2D eigenvalue weighted by atomic mass is 10.0. The Labute approximate surface area is 182 Å². The first kappa shape index (κ1) is 22.1. The molecule has 0 bridgehead atoms. The van der Waals surface area contributed by atoms with Crippen LogP contribution in [0.25, 0.3) is 6.08 Å². The molecule has 0 fully saturated rings. The number of aliphatic imine (C=N–C) groups is 1. The van der Waals surface area contributed by atoms with Gasteiger partial charge < -0.3 is 25.4 Å². The van der Waals surface area contributed by atoms with E-state index < -0.39 is 6.09 Å². The molecular weight excluding hydrogens is 392 g/mol. The second-order valence-corrected chi connectivity index (χ2v) is 7.34. The molecule has 7 nitrogen and oxygen atoms in total. The van der Waals surface area contributed by atoms with E-state index in [2.05, 4.69) is 34.7 Å². The van der Waals surface area contributed by atoms with Gasteiger partial charge in [0.1, 0.15) is 6.09 Å². The Hall–Kier alpha value is -3.61. The lowest BCUT2D eigenvalue weighted by Crippen LogP contribution is -2.37. The van der Waals surface area contributed by atoms with Crippen molar-refractivity contribution in [2.45, 2.75) is 12.8 Å². The average Bonchev–Trinajstić information content (AvgIpc) is 2.93. The number of fused-ring (bicyclic) bond motifs is 1. The molecule has 0 aromatic heterocycles. The molecular formula is C24H27N4O3-. The fourth-order valence-electron chi connectivity index (χ4n) is 3.36. The summed E-state index contributed by atoms with van der Waals surface area (Å²) < 4.78 is 0. The number of amides is 2. The Morgan fingerprint density at radius 3 is 2.48 bits per heavy atom. The maximum atomic E-state index is 12.2. The fraction of sp³-hybridized carbons (Fsp3) is 0.292. The standard InChI is InChI=1S/C24H28N4O3/c1-28-17-16-25-21(20-6-2-3-7-22(20)28)13-10-18-8-11-19(12-9-18)23(29)26-14-4-5-15-27-24(30)31/h2-3,6-13,27H,4-5,14-17H2,1H3,(H,26,29)(H,30,31)/p-1/b13-10+. The molecule has 7 heteroatoms. The van der Waals surface area contributed by atoms with Gasteiger partial charge in [0.2, 0.25) is 0 Å². The molecule has 1 aliphatic heterocycles. The van der Waals surface area contributed by atoms with Crippen LogP contribution in [0.4, 0.5) is 10.5 Å². The van der Waals surface area contributed by atoms with Gasteiger partial charge in [0.05, 0.1) is 12.3 Å². The Morgan fingerprint density at radius 2 is 1.74 bits per heavy atom. The highest BCUT2D eigenvalue weighted by Gasteiger charge is 2.13. The number of para-hydroxylation sites is 1. The lowest BCUT2D eigenvalue weighted by molar-refractivity contribution is -0.250. The van der Waals surface area contributed by atoms with E-state index in [9.17, 15) is 14.7 Å². The quantitative estimate of drug-likeness (QED) is 0.640. The first-order valence-corrected chi connectivity index (χ1v) is 10.4. The van der Waals surface area contributed by atoms with Crippen LogP contribution in [0, 0.1) is 0 Å². The van der Waals surface area contributed by atoms with Gasteiger partial charge in [0.15, 0.2) is 0 Å². The number of hydrogen-bond acceptors (Lipinski definition) is 5. The van der Waals surface area contributed by atoms with Crippen molar-refractivity contribution in [1.82, 2.24) is 10.6 Å². The van der Waals surface area contributed by atoms with Crippen molar-refractivity contribution in [2.24, 2.45) is 4.99 Å². The Kier molecular flexibility index (Phi) is 7.81. The van der Waals surface area contributed by atoms with E-state index in [1.807, 2.05) is 36.4 Å². The number of likely N-dealkylation sites (N-methyl/N-ethyl adjacent to an activating group) is 1. The molecule has 2 aromatic carbocycles.